The fourth-order valence-corrected chi connectivity index (χ4v) is 1.23. The van der Waals surface area contributed by atoms with Crippen LogP contribution >= 0.6 is 0 Å². The molecule has 2 rings (SSSR count). The van der Waals surface area contributed by atoms with Crippen molar-refractivity contribution in [2.24, 2.45) is 0 Å². The summed E-state index contributed by atoms with van der Waals surface area (Å²) < 4.78 is 37.3. The number of aromatic nitrogens is 3. The van der Waals surface area contributed by atoms with Crippen LogP contribution in [0.2, 0.25) is 0 Å². The minimum Gasteiger partial charge on any atom is -0.289 e. The van der Waals surface area contributed by atoms with E-state index in [-0.39, 0.29) is 5.56 Å². The maximum absolute atomic E-state index is 12.0. The molecule has 0 aliphatic carbocycles. The summed E-state index contributed by atoms with van der Waals surface area (Å²) in [5.41, 5.74) is 0.696. The maximum atomic E-state index is 12.0. The lowest BCUT2D eigenvalue weighted by Gasteiger charge is -2.04. The summed E-state index contributed by atoms with van der Waals surface area (Å²) in [4.78, 5) is 14.6. The summed E-state index contributed by atoms with van der Waals surface area (Å²) in [6, 6.07) is 1.61. The molecule has 4 nitrogen and oxygen atoms in total. The van der Waals surface area contributed by atoms with Crippen LogP contribution in [-0.2, 0) is 11.2 Å². The van der Waals surface area contributed by atoms with Crippen molar-refractivity contribution >= 4 is 11.4 Å². The number of nitrogens with zero attached hydrogens (tertiary/aromatic N) is 3. The van der Waals surface area contributed by atoms with E-state index in [0.717, 1.165) is 0 Å². The number of Topliss-reactive ketones (excluding diaryl/α,β-unsaturated/α-hetero) is 1. The van der Waals surface area contributed by atoms with Crippen molar-refractivity contribution in [2.45, 2.75) is 12.6 Å². The average Bonchev–Trinajstić information content (AvgIpc) is 2.63. The molecule has 2 aromatic heterocycles. The Labute approximate surface area is 87.7 Å². The summed E-state index contributed by atoms with van der Waals surface area (Å²) in [5, 5.41) is 3.81. The van der Waals surface area contributed by atoms with E-state index in [1.807, 2.05) is 0 Å². The van der Waals surface area contributed by atoms with Gasteiger partial charge < -0.3 is 0 Å². The third-order valence-corrected chi connectivity index (χ3v) is 1.98. The Kier molecular flexibility index (Phi) is 2.37. The molecule has 0 bridgehead atoms. The third-order valence-electron chi connectivity index (χ3n) is 1.98. The predicted octanol–water partition coefficient (Wildman–Crippen LogP) is 1.40. The van der Waals surface area contributed by atoms with E-state index in [1.165, 1.54) is 23.1 Å². The Balaban J connectivity index is 2.24. The molecule has 7 heteroatoms. The molecule has 0 saturated carbocycles. The fourth-order valence-electron chi connectivity index (χ4n) is 1.23. The zero-order chi connectivity index (χ0) is 11.8. The first-order chi connectivity index (χ1) is 7.47. The fraction of sp³-hybridized carbons (Fsp3) is 0.222. The molecule has 84 valence electrons. The molecule has 0 aliphatic heterocycles. The van der Waals surface area contributed by atoms with Gasteiger partial charge in [-0.3, -0.25) is 4.79 Å². The zero-order valence-corrected chi connectivity index (χ0v) is 7.90. The average molecular weight is 229 g/mol. The normalized spacial score (nSPS) is 11.9. The quantitative estimate of drug-likeness (QED) is 0.782. The molecule has 0 amide bonds. The van der Waals surface area contributed by atoms with Crippen LogP contribution in [0.25, 0.3) is 5.65 Å². The number of rotatable bonds is 2. The van der Waals surface area contributed by atoms with Gasteiger partial charge in [0, 0.05) is 24.9 Å². The molecule has 0 radical (unpaired) electrons. The Hall–Kier alpha value is -1.92. The number of alkyl halides is 3. The van der Waals surface area contributed by atoms with Crippen LogP contribution in [0.1, 0.15) is 5.56 Å². The van der Waals surface area contributed by atoms with Gasteiger partial charge in [-0.2, -0.15) is 18.3 Å². The highest BCUT2D eigenvalue weighted by molar-refractivity contribution is 5.85. The van der Waals surface area contributed by atoms with Crippen LogP contribution in [0.5, 0.6) is 0 Å². The van der Waals surface area contributed by atoms with E-state index in [4.69, 9.17) is 0 Å². The van der Waals surface area contributed by atoms with Crippen molar-refractivity contribution in [3.8, 4) is 0 Å². The summed E-state index contributed by atoms with van der Waals surface area (Å²) >= 11 is 0. The van der Waals surface area contributed by atoms with Crippen LogP contribution in [-0.4, -0.2) is 26.6 Å². The van der Waals surface area contributed by atoms with Crippen molar-refractivity contribution < 1.29 is 18.0 Å². The van der Waals surface area contributed by atoms with Crippen molar-refractivity contribution in [3.05, 3.63) is 30.2 Å². The van der Waals surface area contributed by atoms with Gasteiger partial charge >= 0.3 is 6.18 Å². The van der Waals surface area contributed by atoms with Crippen molar-refractivity contribution in [3.63, 3.8) is 0 Å². The standard InChI is InChI=1S/C9H6F3N3O/c10-9(11,12)7(16)3-6-4-13-8-1-2-14-15(8)5-6/h1-2,4-5H,3H2. The molecule has 2 aromatic rings. The van der Waals surface area contributed by atoms with Gasteiger partial charge in [-0.05, 0) is 5.56 Å². The molecule has 0 N–H and O–H groups in total. The summed E-state index contributed by atoms with van der Waals surface area (Å²) in [7, 11) is 0. The first kappa shape index (κ1) is 10.6. The smallest absolute Gasteiger partial charge is 0.289 e. The molecule has 16 heavy (non-hydrogen) atoms. The molecule has 0 unspecified atom stereocenters. The van der Waals surface area contributed by atoms with E-state index in [1.54, 1.807) is 6.07 Å². The van der Waals surface area contributed by atoms with Crippen LogP contribution < -0.4 is 0 Å². The second-order valence-corrected chi connectivity index (χ2v) is 3.19. The number of hydrogen-bond donors (Lipinski definition) is 0. The first-order valence-electron chi connectivity index (χ1n) is 4.35. The lowest BCUT2D eigenvalue weighted by molar-refractivity contribution is -0.170. The number of hydrogen-bond acceptors (Lipinski definition) is 3. The van der Waals surface area contributed by atoms with E-state index in [0.29, 0.717) is 5.65 Å². The number of carbonyl (C=O) groups excluding carboxylic acids is 1. The van der Waals surface area contributed by atoms with Crippen molar-refractivity contribution in [1.29, 1.82) is 0 Å². The minimum atomic E-state index is -4.81. The number of carbonyl (C=O) groups is 1. The van der Waals surface area contributed by atoms with Crippen molar-refractivity contribution in [1.82, 2.24) is 14.6 Å². The number of fused-ring (bicyclic) bond motifs is 1. The summed E-state index contributed by atoms with van der Waals surface area (Å²) in [6.45, 7) is 0. The summed E-state index contributed by atoms with van der Waals surface area (Å²) in [5.74, 6) is -1.79. The molecule has 0 fully saturated rings. The SMILES string of the molecule is O=C(Cc1cnc2ccnn2c1)C(F)(F)F. The van der Waals surface area contributed by atoms with E-state index in [2.05, 4.69) is 10.1 Å². The minimum absolute atomic E-state index is 0.179. The highest BCUT2D eigenvalue weighted by Crippen LogP contribution is 2.18. The third kappa shape index (κ3) is 2.02. The Morgan fingerprint density at radius 1 is 1.44 bits per heavy atom. The van der Waals surface area contributed by atoms with Crippen molar-refractivity contribution in [2.75, 3.05) is 0 Å². The highest BCUT2D eigenvalue weighted by atomic mass is 19.4. The lowest BCUT2D eigenvalue weighted by atomic mass is 10.2. The van der Waals surface area contributed by atoms with Crippen LogP contribution in [0.4, 0.5) is 13.2 Å². The Morgan fingerprint density at radius 3 is 2.88 bits per heavy atom. The van der Waals surface area contributed by atoms with E-state index in [9.17, 15) is 18.0 Å². The van der Waals surface area contributed by atoms with Gasteiger partial charge in [0.2, 0.25) is 5.78 Å². The second kappa shape index (κ2) is 3.58. The monoisotopic (exact) mass is 229 g/mol. The highest BCUT2D eigenvalue weighted by Gasteiger charge is 2.37. The molecule has 0 aliphatic rings. The van der Waals surface area contributed by atoms with Gasteiger partial charge in [-0.15, -0.1) is 0 Å². The van der Waals surface area contributed by atoms with Gasteiger partial charge in [-0.1, -0.05) is 0 Å². The second-order valence-electron chi connectivity index (χ2n) is 3.19. The molecule has 0 saturated heterocycles. The lowest BCUT2D eigenvalue weighted by Crippen LogP contribution is -2.24. The molecule has 0 atom stereocenters. The number of halogens is 3. The predicted molar refractivity (Wildman–Crippen MR) is 47.8 cm³/mol. The van der Waals surface area contributed by atoms with Crippen LogP contribution in [0.15, 0.2) is 24.7 Å². The Morgan fingerprint density at radius 2 is 2.19 bits per heavy atom. The van der Waals surface area contributed by atoms with Gasteiger partial charge in [0.05, 0.1) is 6.20 Å². The van der Waals surface area contributed by atoms with Crippen LogP contribution in [0.3, 0.4) is 0 Å². The van der Waals surface area contributed by atoms with E-state index < -0.39 is 18.4 Å². The van der Waals surface area contributed by atoms with Gasteiger partial charge in [0.1, 0.15) is 0 Å². The van der Waals surface area contributed by atoms with Crippen LogP contribution in [0, 0.1) is 0 Å². The largest absolute Gasteiger partial charge is 0.450 e. The first-order valence-corrected chi connectivity index (χ1v) is 4.35. The van der Waals surface area contributed by atoms with Gasteiger partial charge in [0.15, 0.2) is 5.65 Å². The van der Waals surface area contributed by atoms with Gasteiger partial charge in [0.25, 0.3) is 0 Å². The molecule has 0 aromatic carbocycles. The van der Waals surface area contributed by atoms with E-state index >= 15 is 0 Å². The molecule has 0 spiro atoms. The molecule has 2 heterocycles. The molecular weight excluding hydrogens is 223 g/mol. The molecular formula is C9H6F3N3O. The number of ketones is 1. The maximum Gasteiger partial charge on any atom is 0.450 e. The zero-order valence-electron chi connectivity index (χ0n) is 7.90. The summed E-state index contributed by atoms with van der Waals surface area (Å²) in [6.07, 6.45) is -1.46. The topological polar surface area (TPSA) is 47.3 Å². The Bertz CT molecular complexity index is 532. The van der Waals surface area contributed by atoms with Gasteiger partial charge in [-0.25, -0.2) is 9.50 Å².